The van der Waals surface area contributed by atoms with Gasteiger partial charge in [0.05, 0.1) is 0 Å². The van der Waals surface area contributed by atoms with E-state index in [1.165, 1.54) is 19.3 Å². The summed E-state index contributed by atoms with van der Waals surface area (Å²) >= 11 is 0. The SMILES string of the molecule is CCCN(Cc1cccc(N)c1)C(=O)CC1CCC1. The predicted molar refractivity (Wildman–Crippen MR) is 78.5 cm³/mol. The van der Waals surface area contributed by atoms with Crippen molar-refractivity contribution in [3.63, 3.8) is 0 Å². The standard InChI is InChI=1S/C16H24N2O/c1-2-9-18(16(19)11-13-5-3-6-13)12-14-7-4-8-15(17)10-14/h4,7-8,10,13H,2-3,5-6,9,11-12,17H2,1H3. The molecule has 3 heteroatoms. The number of nitrogen functional groups attached to an aromatic ring is 1. The van der Waals surface area contributed by atoms with Gasteiger partial charge < -0.3 is 10.6 Å². The fraction of sp³-hybridized carbons (Fsp3) is 0.562. The minimum absolute atomic E-state index is 0.300. The average Bonchev–Trinajstić information content (AvgIpc) is 2.33. The smallest absolute Gasteiger partial charge is 0.223 e. The molecule has 1 fully saturated rings. The third-order valence-electron chi connectivity index (χ3n) is 3.86. The monoisotopic (exact) mass is 260 g/mol. The molecule has 0 aliphatic heterocycles. The first-order valence-electron chi connectivity index (χ1n) is 7.31. The maximum absolute atomic E-state index is 12.3. The van der Waals surface area contributed by atoms with Crippen molar-refractivity contribution in [2.75, 3.05) is 12.3 Å². The minimum atomic E-state index is 0.300. The molecule has 1 aromatic rings. The molecule has 2 rings (SSSR count). The lowest BCUT2D eigenvalue weighted by Gasteiger charge is -2.29. The highest BCUT2D eigenvalue weighted by atomic mass is 16.2. The highest BCUT2D eigenvalue weighted by Crippen LogP contribution is 2.30. The molecule has 0 saturated heterocycles. The molecule has 0 bridgehead atoms. The predicted octanol–water partition coefficient (Wildman–Crippen LogP) is 3.20. The molecule has 1 saturated carbocycles. The highest BCUT2D eigenvalue weighted by Gasteiger charge is 2.23. The van der Waals surface area contributed by atoms with Crippen LogP contribution in [0, 0.1) is 5.92 Å². The number of hydrogen-bond donors (Lipinski definition) is 1. The molecule has 1 aliphatic rings. The molecule has 1 aromatic carbocycles. The summed E-state index contributed by atoms with van der Waals surface area (Å²) in [4.78, 5) is 14.3. The Morgan fingerprint density at radius 1 is 1.42 bits per heavy atom. The van der Waals surface area contributed by atoms with Crippen LogP contribution >= 0.6 is 0 Å². The van der Waals surface area contributed by atoms with E-state index in [2.05, 4.69) is 6.92 Å². The maximum atomic E-state index is 12.3. The summed E-state index contributed by atoms with van der Waals surface area (Å²) in [5.41, 5.74) is 7.68. The van der Waals surface area contributed by atoms with Gasteiger partial charge in [-0.3, -0.25) is 4.79 Å². The molecule has 0 spiro atoms. The Kier molecular flexibility index (Phi) is 4.83. The molecule has 0 unspecified atom stereocenters. The zero-order chi connectivity index (χ0) is 13.7. The first-order chi connectivity index (χ1) is 9.19. The first kappa shape index (κ1) is 13.9. The minimum Gasteiger partial charge on any atom is -0.399 e. The number of carbonyl (C=O) groups is 1. The normalized spacial score (nSPS) is 15.0. The van der Waals surface area contributed by atoms with E-state index in [-0.39, 0.29) is 0 Å². The fourth-order valence-electron chi connectivity index (χ4n) is 2.55. The van der Waals surface area contributed by atoms with Crippen molar-refractivity contribution in [3.05, 3.63) is 29.8 Å². The number of amides is 1. The summed E-state index contributed by atoms with van der Waals surface area (Å²) in [7, 11) is 0. The Morgan fingerprint density at radius 3 is 2.79 bits per heavy atom. The Hall–Kier alpha value is -1.51. The average molecular weight is 260 g/mol. The molecule has 2 N–H and O–H groups in total. The first-order valence-corrected chi connectivity index (χ1v) is 7.31. The lowest BCUT2D eigenvalue weighted by Crippen LogP contribution is -2.33. The van der Waals surface area contributed by atoms with Crippen LogP contribution in [-0.2, 0) is 11.3 Å². The second-order valence-corrected chi connectivity index (χ2v) is 5.56. The van der Waals surface area contributed by atoms with E-state index in [1.54, 1.807) is 0 Å². The van der Waals surface area contributed by atoms with Gasteiger partial charge in [-0.15, -0.1) is 0 Å². The molecule has 0 atom stereocenters. The molecule has 19 heavy (non-hydrogen) atoms. The van der Waals surface area contributed by atoms with E-state index in [9.17, 15) is 4.79 Å². The second kappa shape index (κ2) is 6.60. The van der Waals surface area contributed by atoms with Crippen LogP contribution in [0.5, 0.6) is 0 Å². The van der Waals surface area contributed by atoms with E-state index in [0.717, 1.165) is 30.6 Å². The largest absolute Gasteiger partial charge is 0.399 e. The van der Waals surface area contributed by atoms with E-state index >= 15 is 0 Å². The van der Waals surface area contributed by atoms with Gasteiger partial charge in [0.1, 0.15) is 0 Å². The third-order valence-corrected chi connectivity index (χ3v) is 3.86. The molecular formula is C16H24N2O. The fourth-order valence-corrected chi connectivity index (χ4v) is 2.55. The molecule has 0 aromatic heterocycles. The van der Waals surface area contributed by atoms with Crippen molar-refractivity contribution in [3.8, 4) is 0 Å². The molecule has 1 aliphatic carbocycles. The van der Waals surface area contributed by atoms with Gasteiger partial charge in [-0.05, 0) is 42.9 Å². The molecule has 1 amide bonds. The summed E-state index contributed by atoms with van der Waals surface area (Å²) in [5.74, 6) is 0.932. The number of rotatable bonds is 6. The Bertz CT molecular complexity index is 427. The lowest BCUT2D eigenvalue weighted by atomic mass is 9.82. The van der Waals surface area contributed by atoms with Crippen LogP contribution in [0.25, 0.3) is 0 Å². The lowest BCUT2D eigenvalue weighted by molar-refractivity contribution is -0.133. The zero-order valence-electron chi connectivity index (χ0n) is 11.8. The molecule has 104 valence electrons. The summed E-state index contributed by atoms with van der Waals surface area (Å²) in [5, 5.41) is 0. The van der Waals surface area contributed by atoms with Gasteiger partial charge in [-0.2, -0.15) is 0 Å². The van der Waals surface area contributed by atoms with Crippen molar-refractivity contribution in [2.45, 2.75) is 45.6 Å². The van der Waals surface area contributed by atoms with Gasteiger partial charge in [-0.25, -0.2) is 0 Å². The van der Waals surface area contributed by atoms with Crippen molar-refractivity contribution in [2.24, 2.45) is 5.92 Å². The Morgan fingerprint density at radius 2 is 2.21 bits per heavy atom. The van der Waals surface area contributed by atoms with Gasteiger partial charge in [0, 0.05) is 25.2 Å². The summed E-state index contributed by atoms with van der Waals surface area (Å²) in [6.45, 7) is 3.63. The summed E-state index contributed by atoms with van der Waals surface area (Å²) in [6.07, 6.45) is 5.47. The molecular weight excluding hydrogens is 236 g/mol. The zero-order valence-corrected chi connectivity index (χ0v) is 11.8. The van der Waals surface area contributed by atoms with E-state index in [1.807, 2.05) is 29.2 Å². The number of benzene rings is 1. The van der Waals surface area contributed by atoms with Crippen molar-refractivity contribution >= 4 is 11.6 Å². The van der Waals surface area contributed by atoms with Gasteiger partial charge in [0.2, 0.25) is 5.91 Å². The van der Waals surface area contributed by atoms with Crippen LogP contribution in [0.1, 0.15) is 44.6 Å². The third kappa shape index (κ3) is 3.98. The number of carbonyl (C=O) groups excluding carboxylic acids is 1. The Labute approximate surface area is 115 Å². The maximum Gasteiger partial charge on any atom is 0.223 e. The van der Waals surface area contributed by atoms with Crippen LogP contribution in [0.4, 0.5) is 5.69 Å². The van der Waals surface area contributed by atoms with E-state index in [0.29, 0.717) is 18.4 Å². The number of nitrogens with zero attached hydrogens (tertiary/aromatic N) is 1. The number of nitrogens with two attached hydrogens (primary N) is 1. The topological polar surface area (TPSA) is 46.3 Å². The van der Waals surface area contributed by atoms with Gasteiger partial charge in [0.15, 0.2) is 0 Å². The van der Waals surface area contributed by atoms with Gasteiger partial charge in [0.25, 0.3) is 0 Å². The number of hydrogen-bond acceptors (Lipinski definition) is 2. The Balaban J connectivity index is 1.96. The second-order valence-electron chi connectivity index (χ2n) is 5.56. The van der Waals surface area contributed by atoms with Gasteiger partial charge in [-0.1, -0.05) is 25.5 Å². The van der Waals surface area contributed by atoms with E-state index < -0.39 is 0 Å². The van der Waals surface area contributed by atoms with E-state index in [4.69, 9.17) is 5.73 Å². The molecule has 0 radical (unpaired) electrons. The van der Waals surface area contributed by atoms with Crippen LogP contribution < -0.4 is 5.73 Å². The van der Waals surface area contributed by atoms with Crippen LogP contribution in [0.15, 0.2) is 24.3 Å². The van der Waals surface area contributed by atoms with Crippen LogP contribution in [-0.4, -0.2) is 17.4 Å². The van der Waals surface area contributed by atoms with Crippen molar-refractivity contribution < 1.29 is 4.79 Å². The van der Waals surface area contributed by atoms with Crippen molar-refractivity contribution in [1.82, 2.24) is 4.90 Å². The van der Waals surface area contributed by atoms with Crippen LogP contribution in [0.3, 0.4) is 0 Å². The number of anilines is 1. The summed E-state index contributed by atoms with van der Waals surface area (Å²) in [6, 6.07) is 7.82. The summed E-state index contributed by atoms with van der Waals surface area (Å²) < 4.78 is 0. The molecule has 3 nitrogen and oxygen atoms in total. The van der Waals surface area contributed by atoms with Crippen LogP contribution in [0.2, 0.25) is 0 Å². The highest BCUT2D eigenvalue weighted by molar-refractivity contribution is 5.76. The quantitative estimate of drug-likeness (QED) is 0.798. The van der Waals surface area contributed by atoms with Gasteiger partial charge >= 0.3 is 0 Å². The van der Waals surface area contributed by atoms with Crippen molar-refractivity contribution in [1.29, 1.82) is 0 Å². The molecule has 0 heterocycles.